The Morgan fingerprint density at radius 1 is 0.673 bits per heavy atom. The number of nitrogens with one attached hydrogen (secondary N) is 1. The van der Waals surface area contributed by atoms with Gasteiger partial charge in [-0.05, 0) is 113 Å². The Balaban J connectivity index is 1.06. The highest BCUT2D eigenvalue weighted by atomic mass is 32.1. The van der Waals surface area contributed by atoms with Crippen molar-refractivity contribution in [3.63, 3.8) is 0 Å². The Bertz CT molecular complexity index is 2720. The second-order valence-electron chi connectivity index (χ2n) is 15.0. The lowest BCUT2D eigenvalue weighted by Crippen LogP contribution is -2.16. The van der Waals surface area contributed by atoms with E-state index in [9.17, 15) is 0 Å². The summed E-state index contributed by atoms with van der Waals surface area (Å²) in [4.78, 5) is 2.39. The van der Waals surface area contributed by atoms with Crippen molar-refractivity contribution >= 4 is 54.3 Å². The number of thiophene rings is 1. The van der Waals surface area contributed by atoms with E-state index in [2.05, 4.69) is 188 Å². The molecule has 268 valence electrons. The van der Waals surface area contributed by atoms with E-state index in [0.29, 0.717) is 0 Å². The minimum atomic E-state index is -0.157. The molecule has 6 aromatic carbocycles. The number of nitrogens with zero attached hydrogens (tertiary/aromatic N) is 1. The Morgan fingerprint density at radius 3 is 2.25 bits per heavy atom. The molecule has 0 spiro atoms. The van der Waals surface area contributed by atoms with Gasteiger partial charge in [0.25, 0.3) is 0 Å². The van der Waals surface area contributed by atoms with Gasteiger partial charge in [0.15, 0.2) is 0 Å². The van der Waals surface area contributed by atoms with Gasteiger partial charge in [0, 0.05) is 59.6 Å². The first kappa shape index (κ1) is 34.6. The van der Waals surface area contributed by atoms with E-state index in [4.69, 9.17) is 0 Å². The maximum atomic E-state index is 4.38. The van der Waals surface area contributed by atoms with Gasteiger partial charge in [0.1, 0.15) is 0 Å². The van der Waals surface area contributed by atoms with E-state index in [1.165, 1.54) is 59.1 Å². The summed E-state index contributed by atoms with van der Waals surface area (Å²) >= 11 is 1.88. The Labute approximate surface area is 328 Å². The van der Waals surface area contributed by atoms with Crippen LogP contribution in [-0.2, 0) is 5.41 Å². The van der Waals surface area contributed by atoms with Crippen LogP contribution in [0, 0.1) is 0 Å². The molecule has 2 aliphatic rings. The Kier molecular flexibility index (Phi) is 8.96. The molecule has 0 unspecified atom stereocenters. The zero-order valence-electron chi connectivity index (χ0n) is 31.6. The van der Waals surface area contributed by atoms with Gasteiger partial charge in [-0.15, -0.1) is 11.3 Å². The highest BCUT2D eigenvalue weighted by molar-refractivity contribution is 7.26. The molecule has 0 aliphatic heterocycles. The topological polar surface area (TPSA) is 15.3 Å². The molecule has 1 N–H and O–H groups in total. The van der Waals surface area contributed by atoms with Gasteiger partial charge in [0.05, 0.1) is 0 Å². The van der Waals surface area contributed by atoms with E-state index < -0.39 is 0 Å². The van der Waals surface area contributed by atoms with Crippen LogP contribution < -0.4 is 10.2 Å². The zero-order chi connectivity index (χ0) is 37.5. The van der Waals surface area contributed by atoms with Crippen molar-refractivity contribution in [2.24, 2.45) is 0 Å². The monoisotopic (exact) mass is 728 g/mol. The minimum Gasteiger partial charge on any atom is -0.355 e. The number of hydrogen-bond donors (Lipinski definition) is 1. The third-order valence-electron chi connectivity index (χ3n) is 11.2. The van der Waals surface area contributed by atoms with Crippen molar-refractivity contribution < 1.29 is 0 Å². The first-order chi connectivity index (χ1) is 26.9. The van der Waals surface area contributed by atoms with Crippen molar-refractivity contribution in [3.8, 4) is 22.3 Å². The maximum absolute atomic E-state index is 4.38. The molecule has 1 aromatic heterocycles. The molecule has 0 bridgehead atoms. The fraction of sp³-hybridized carbons (Fsp3) is 0.115. The lowest BCUT2D eigenvalue weighted by molar-refractivity contribution is 0.660. The number of para-hydroxylation sites is 1. The Hall–Kier alpha value is -6.16. The van der Waals surface area contributed by atoms with Crippen molar-refractivity contribution in [1.82, 2.24) is 0 Å². The molecule has 1 heterocycles. The molecule has 0 amide bonds. The summed E-state index contributed by atoms with van der Waals surface area (Å²) in [6.45, 7) is 11.1. The molecular formula is C52H44N2S. The second-order valence-corrected chi connectivity index (χ2v) is 16.0. The first-order valence-corrected chi connectivity index (χ1v) is 20.0. The summed E-state index contributed by atoms with van der Waals surface area (Å²) in [6, 6.07) is 49.1. The van der Waals surface area contributed by atoms with E-state index in [1.54, 1.807) is 0 Å². The summed E-state index contributed by atoms with van der Waals surface area (Å²) < 4.78 is 2.67. The highest BCUT2D eigenvalue weighted by Gasteiger charge is 2.36. The van der Waals surface area contributed by atoms with Crippen molar-refractivity contribution in [2.75, 3.05) is 10.2 Å². The van der Waals surface area contributed by atoms with Crippen LogP contribution in [0.1, 0.15) is 44.7 Å². The van der Waals surface area contributed by atoms with Crippen LogP contribution in [0.2, 0.25) is 0 Å². The van der Waals surface area contributed by atoms with Gasteiger partial charge in [-0.2, -0.15) is 0 Å². The fourth-order valence-electron chi connectivity index (χ4n) is 8.37. The minimum absolute atomic E-state index is 0.157. The fourth-order valence-corrected chi connectivity index (χ4v) is 9.61. The number of allylic oxidation sites excluding steroid dienone is 7. The van der Waals surface area contributed by atoms with Crippen molar-refractivity contribution in [3.05, 3.63) is 204 Å². The molecule has 2 aliphatic carbocycles. The largest absolute Gasteiger partial charge is 0.355 e. The highest BCUT2D eigenvalue weighted by Crippen LogP contribution is 2.52. The third-order valence-corrected chi connectivity index (χ3v) is 12.4. The maximum Gasteiger partial charge on any atom is 0.0465 e. The van der Waals surface area contributed by atoms with Crippen molar-refractivity contribution in [1.29, 1.82) is 0 Å². The third kappa shape index (κ3) is 6.25. The molecule has 2 nitrogen and oxygen atoms in total. The SMILES string of the molecule is C=C(/C=C\C=C/C)C1=CCCC=C1Nc1ccc2c(c1)-c1ccc(N(c3ccccc3)c3ccc(-c4cccc5c4sc4ccccc45)cc3)cc1C2(C)C. The number of rotatable bonds is 9. The Morgan fingerprint density at radius 2 is 1.42 bits per heavy atom. The van der Waals surface area contributed by atoms with E-state index in [1.807, 2.05) is 30.4 Å². The molecule has 0 saturated carbocycles. The second kappa shape index (κ2) is 14.2. The van der Waals surface area contributed by atoms with Gasteiger partial charge >= 0.3 is 0 Å². The predicted molar refractivity (Wildman–Crippen MR) is 239 cm³/mol. The van der Waals surface area contributed by atoms with Crippen molar-refractivity contribution in [2.45, 2.75) is 39.0 Å². The average molecular weight is 729 g/mol. The van der Waals surface area contributed by atoms with Gasteiger partial charge in [0.2, 0.25) is 0 Å². The van der Waals surface area contributed by atoms with Gasteiger partial charge < -0.3 is 10.2 Å². The van der Waals surface area contributed by atoms with Gasteiger partial charge in [-0.1, -0.05) is 136 Å². The molecule has 7 aromatic rings. The quantitative estimate of drug-likeness (QED) is 0.149. The van der Waals surface area contributed by atoms with Gasteiger partial charge in [-0.25, -0.2) is 0 Å². The lowest BCUT2D eigenvalue weighted by Gasteiger charge is -2.28. The van der Waals surface area contributed by atoms with E-state index >= 15 is 0 Å². The van der Waals surface area contributed by atoms with Crippen LogP contribution in [0.25, 0.3) is 42.4 Å². The van der Waals surface area contributed by atoms with Crippen LogP contribution in [0.3, 0.4) is 0 Å². The van der Waals surface area contributed by atoms with Gasteiger partial charge in [-0.3, -0.25) is 0 Å². The molecular weight excluding hydrogens is 685 g/mol. The molecule has 0 atom stereocenters. The molecule has 55 heavy (non-hydrogen) atoms. The summed E-state index contributed by atoms with van der Waals surface area (Å²) in [5.41, 5.74) is 15.4. The van der Waals surface area contributed by atoms with E-state index in [-0.39, 0.29) is 5.41 Å². The number of anilines is 4. The number of fused-ring (bicyclic) bond motifs is 6. The van der Waals surface area contributed by atoms with Crippen LogP contribution in [0.5, 0.6) is 0 Å². The van der Waals surface area contributed by atoms with Crippen LogP contribution >= 0.6 is 11.3 Å². The number of benzene rings is 6. The summed E-state index contributed by atoms with van der Waals surface area (Å²) in [5.74, 6) is 0. The zero-order valence-corrected chi connectivity index (χ0v) is 32.5. The van der Waals surface area contributed by atoms with Crippen LogP contribution in [0.4, 0.5) is 22.7 Å². The predicted octanol–water partition coefficient (Wildman–Crippen LogP) is 15.2. The molecule has 3 heteroatoms. The van der Waals surface area contributed by atoms with Crippen LogP contribution in [-0.4, -0.2) is 0 Å². The van der Waals surface area contributed by atoms with Crippen LogP contribution in [0.15, 0.2) is 193 Å². The summed E-state index contributed by atoms with van der Waals surface area (Å²) in [5, 5.41) is 6.42. The standard InChI is InChI=1S/C52H44N2S/c1-5-6-8-16-35(2)41-19-11-13-23-49(41)53-37-27-32-47-46(33-37)43-31-30-40(34-48(43)52(47,3)4)54(38-17-9-7-10-18-38)39-28-25-36(26-29-39)42-21-15-22-45-44-20-12-14-24-50(44)55-51(42)45/h5-10,12,14-34,53H,2,11,13H2,1,3-4H3/b6-5-,16-8-. The molecule has 9 rings (SSSR count). The normalized spacial score (nSPS) is 14.6. The molecule has 0 fully saturated rings. The summed E-state index contributed by atoms with van der Waals surface area (Å²) in [6.07, 6.45) is 14.9. The average Bonchev–Trinajstić information content (AvgIpc) is 3.71. The smallest absolute Gasteiger partial charge is 0.0465 e. The first-order valence-electron chi connectivity index (χ1n) is 19.2. The molecule has 0 radical (unpaired) electrons. The number of hydrogen-bond acceptors (Lipinski definition) is 3. The molecule has 0 saturated heterocycles. The summed E-state index contributed by atoms with van der Waals surface area (Å²) in [7, 11) is 0. The van der Waals surface area contributed by atoms with E-state index in [0.717, 1.165) is 46.9 Å². The lowest BCUT2D eigenvalue weighted by atomic mass is 9.82.